The molecule has 0 atom stereocenters. The number of nitro groups is 1. The lowest BCUT2D eigenvalue weighted by atomic mass is 10.1. The van der Waals surface area contributed by atoms with E-state index in [1.807, 2.05) is 56.4 Å². The lowest BCUT2D eigenvalue weighted by Gasteiger charge is -2.13. The lowest BCUT2D eigenvalue weighted by molar-refractivity contribution is -0.384. The van der Waals surface area contributed by atoms with Gasteiger partial charge in [-0.05, 0) is 44.2 Å². The Labute approximate surface area is 202 Å². The number of pyridine rings is 1. The van der Waals surface area contributed by atoms with Crippen LogP contribution in [0.25, 0.3) is 16.9 Å². The molecule has 0 bridgehead atoms. The van der Waals surface area contributed by atoms with Crippen LogP contribution in [0.1, 0.15) is 25.0 Å². The molecular formula is C26H25N5O4. The van der Waals surface area contributed by atoms with Gasteiger partial charge in [-0.1, -0.05) is 24.3 Å². The van der Waals surface area contributed by atoms with Crippen LogP contribution >= 0.6 is 0 Å². The standard InChI is InChI=1S/C26H25N5O4/c1-18(2)35-26-20(7-6-14-27-26)16-28-24(32)15-21-17-30(22-8-4-3-5-9-22)29-25(21)19-10-12-23(13-11-19)31(33)34/h3-14,17-18H,15-16H2,1-2H3,(H,28,32). The molecule has 0 aliphatic heterocycles. The number of rotatable bonds is 9. The van der Waals surface area contributed by atoms with Crippen molar-refractivity contribution in [1.29, 1.82) is 0 Å². The Hall–Kier alpha value is -4.53. The number of benzene rings is 2. The normalized spacial score (nSPS) is 10.8. The van der Waals surface area contributed by atoms with Crippen LogP contribution in [0.5, 0.6) is 5.88 Å². The largest absolute Gasteiger partial charge is 0.475 e. The Morgan fingerprint density at radius 1 is 1.06 bits per heavy atom. The molecule has 0 saturated carbocycles. The zero-order chi connectivity index (χ0) is 24.8. The molecule has 0 saturated heterocycles. The van der Waals surface area contributed by atoms with Crippen molar-refractivity contribution in [2.24, 2.45) is 0 Å². The second-order valence-corrected chi connectivity index (χ2v) is 8.17. The highest BCUT2D eigenvalue weighted by Crippen LogP contribution is 2.26. The van der Waals surface area contributed by atoms with Crippen molar-refractivity contribution in [1.82, 2.24) is 20.1 Å². The second-order valence-electron chi connectivity index (χ2n) is 8.17. The lowest BCUT2D eigenvalue weighted by Crippen LogP contribution is -2.25. The summed E-state index contributed by atoms with van der Waals surface area (Å²) in [5, 5.41) is 18.6. The van der Waals surface area contributed by atoms with Crippen LogP contribution in [0.2, 0.25) is 0 Å². The summed E-state index contributed by atoms with van der Waals surface area (Å²) in [6, 6.07) is 19.3. The van der Waals surface area contributed by atoms with E-state index in [2.05, 4.69) is 15.4 Å². The minimum absolute atomic E-state index is 0.00794. The van der Waals surface area contributed by atoms with Crippen molar-refractivity contribution in [3.05, 3.63) is 100 Å². The number of nitrogens with one attached hydrogen (secondary N) is 1. The fourth-order valence-corrected chi connectivity index (χ4v) is 3.55. The molecule has 2 aromatic carbocycles. The molecule has 0 aliphatic rings. The summed E-state index contributed by atoms with van der Waals surface area (Å²) >= 11 is 0. The molecule has 0 spiro atoms. The van der Waals surface area contributed by atoms with Crippen molar-refractivity contribution in [2.75, 3.05) is 0 Å². The summed E-state index contributed by atoms with van der Waals surface area (Å²) in [7, 11) is 0. The maximum absolute atomic E-state index is 12.9. The van der Waals surface area contributed by atoms with E-state index >= 15 is 0 Å². The Morgan fingerprint density at radius 2 is 1.80 bits per heavy atom. The van der Waals surface area contributed by atoms with Crippen LogP contribution in [-0.4, -0.2) is 31.7 Å². The number of para-hydroxylation sites is 1. The SMILES string of the molecule is CC(C)Oc1ncccc1CNC(=O)Cc1cn(-c2ccccc2)nc1-c1ccc([N+](=O)[O-])cc1. The second kappa shape index (κ2) is 10.6. The van der Waals surface area contributed by atoms with Crippen LogP contribution in [-0.2, 0) is 17.8 Å². The summed E-state index contributed by atoms with van der Waals surface area (Å²) in [5.41, 5.74) is 3.59. The molecule has 9 heteroatoms. The van der Waals surface area contributed by atoms with Gasteiger partial charge in [-0.25, -0.2) is 9.67 Å². The smallest absolute Gasteiger partial charge is 0.269 e. The fraction of sp³-hybridized carbons (Fsp3) is 0.192. The first kappa shape index (κ1) is 23.6. The first-order chi connectivity index (χ1) is 16.9. The van der Waals surface area contributed by atoms with Crippen molar-refractivity contribution in [2.45, 2.75) is 32.9 Å². The maximum Gasteiger partial charge on any atom is 0.269 e. The van der Waals surface area contributed by atoms with Gasteiger partial charge in [0, 0.05) is 47.8 Å². The number of carbonyl (C=O) groups excluding carboxylic acids is 1. The highest BCUT2D eigenvalue weighted by atomic mass is 16.6. The molecule has 0 radical (unpaired) electrons. The third kappa shape index (κ3) is 5.89. The van der Waals surface area contributed by atoms with Gasteiger partial charge >= 0.3 is 0 Å². The molecule has 0 aliphatic carbocycles. The number of hydrogen-bond donors (Lipinski definition) is 1. The molecule has 1 amide bonds. The summed E-state index contributed by atoms with van der Waals surface area (Å²) in [4.78, 5) is 27.7. The number of nitrogens with zero attached hydrogens (tertiary/aromatic N) is 4. The van der Waals surface area contributed by atoms with Gasteiger partial charge in [0.25, 0.3) is 5.69 Å². The van der Waals surface area contributed by atoms with Crippen molar-refractivity contribution in [3.63, 3.8) is 0 Å². The molecule has 4 rings (SSSR count). The minimum atomic E-state index is -0.448. The minimum Gasteiger partial charge on any atom is -0.475 e. The summed E-state index contributed by atoms with van der Waals surface area (Å²) in [6.07, 6.45) is 3.51. The number of amides is 1. The van der Waals surface area contributed by atoms with Crippen LogP contribution in [0.3, 0.4) is 0 Å². The third-order valence-corrected chi connectivity index (χ3v) is 5.19. The number of aromatic nitrogens is 3. The van der Waals surface area contributed by atoms with E-state index in [0.717, 1.165) is 11.3 Å². The number of ether oxygens (including phenoxy) is 1. The average molecular weight is 472 g/mol. The zero-order valence-corrected chi connectivity index (χ0v) is 19.4. The number of non-ortho nitro benzene ring substituents is 1. The number of carbonyl (C=O) groups is 1. The summed E-state index contributed by atoms with van der Waals surface area (Å²) < 4.78 is 7.43. The Balaban J connectivity index is 1.57. The monoisotopic (exact) mass is 471 g/mol. The molecule has 0 fully saturated rings. The molecule has 0 unspecified atom stereocenters. The number of nitro benzene ring substituents is 1. The molecule has 35 heavy (non-hydrogen) atoms. The maximum atomic E-state index is 12.9. The van der Waals surface area contributed by atoms with E-state index in [1.54, 1.807) is 29.1 Å². The molecule has 2 aromatic heterocycles. The van der Waals surface area contributed by atoms with Gasteiger partial charge in [0.2, 0.25) is 11.8 Å². The van der Waals surface area contributed by atoms with E-state index in [-0.39, 0.29) is 30.7 Å². The van der Waals surface area contributed by atoms with Gasteiger partial charge < -0.3 is 10.1 Å². The first-order valence-corrected chi connectivity index (χ1v) is 11.2. The predicted octanol–water partition coefficient (Wildman–Crippen LogP) is 4.49. The van der Waals surface area contributed by atoms with E-state index in [0.29, 0.717) is 22.7 Å². The number of hydrogen-bond acceptors (Lipinski definition) is 6. The van der Waals surface area contributed by atoms with E-state index in [1.165, 1.54) is 12.1 Å². The van der Waals surface area contributed by atoms with Crippen molar-refractivity contribution in [3.8, 4) is 22.8 Å². The van der Waals surface area contributed by atoms with Gasteiger partial charge in [0.05, 0.1) is 28.8 Å². The quantitative estimate of drug-likeness (QED) is 0.284. The highest BCUT2D eigenvalue weighted by Gasteiger charge is 2.17. The Kier molecular flexibility index (Phi) is 7.15. The zero-order valence-electron chi connectivity index (χ0n) is 19.4. The fourth-order valence-electron chi connectivity index (χ4n) is 3.55. The van der Waals surface area contributed by atoms with Gasteiger partial charge in [-0.2, -0.15) is 5.10 Å². The van der Waals surface area contributed by atoms with Crippen LogP contribution in [0.15, 0.2) is 79.1 Å². The van der Waals surface area contributed by atoms with Gasteiger partial charge in [-0.3, -0.25) is 14.9 Å². The third-order valence-electron chi connectivity index (χ3n) is 5.19. The van der Waals surface area contributed by atoms with E-state index in [9.17, 15) is 14.9 Å². The molecule has 4 aromatic rings. The summed E-state index contributed by atoms with van der Waals surface area (Å²) in [5.74, 6) is 0.298. The average Bonchev–Trinajstić information content (AvgIpc) is 3.27. The molecular weight excluding hydrogens is 446 g/mol. The molecule has 2 heterocycles. The van der Waals surface area contributed by atoms with Gasteiger partial charge in [-0.15, -0.1) is 0 Å². The Morgan fingerprint density at radius 3 is 2.49 bits per heavy atom. The van der Waals surface area contributed by atoms with Crippen molar-refractivity contribution < 1.29 is 14.5 Å². The van der Waals surface area contributed by atoms with Crippen LogP contribution < -0.4 is 10.1 Å². The van der Waals surface area contributed by atoms with Crippen LogP contribution in [0.4, 0.5) is 5.69 Å². The summed E-state index contributed by atoms with van der Waals surface area (Å²) in [6.45, 7) is 4.11. The van der Waals surface area contributed by atoms with E-state index in [4.69, 9.17) is 4.74 Å². The van der Waals surface area contributed by atoms with Gasteiger partial charge in [0.15, 0.2) is 0 Å². The molecule has 178 valence electrons. The van der Waals surface area contributed by atoms with Crippen LogP contribution in [0, 0.1) is 10.1 Å². The molecule has 9 nitrogen and oxygen atoms in total. The van der Waals surface area contributed by atoms with Gasteiger partial charge in [0.1, 0.15) is 0 Å². The Bertz CT molecular complexity index is 1320. The first-order valence-electron chi connectivity index (χ1n) is 11.2. The highest BCUT2D eigenvalue weighted by molar-refractivity contribution is 5.81. The topological polar surface area (TPSA) is 112 Å². The van der Waals surface area contributed by atoms with E-state index < -0.39 is 4.92 Å². The predicted molar refractivity (Wildman–Crippen MR) is 131 cm³/mol. The van der Waals surface area contributed by atoms with Crippen molar-refractivity contribution >= 4 is 11.6 Å². The molecule has 1 N–H and O–H groups in total.